The fourth-order valence-electron chi connectivity index (χ4n) is 2.21. The van der Waals surface area contributed by atoms with Crippen LogP contribution < -0.4 is 15.2 Å². The summed E-state index contributed by atoms with van der Waals surface area (Å²) in [6, 6.07) is 10.9. The van der Waals surface area contributed by atoms with Gasteiger partial charge in [-0.25, -0.2) is 0 Å². The number of nitrogens with one attached hydrogen (secondary N) is 1. The lowest BCUT2D eigenvalue weighted by atomic mass is 10.0. The van der Waals surface area contributed by atoms with Crippen LogP contribution in [0, 0.1) is 6.92 Å². The summed E-state index contributed by atoms with van der Waals surface area (Å²) in [5.74, 6) is -1.22. The quantitative estimate of drug-likeness (QED) is 0.800. The lowest BCUT2D eigenvalue weighted by molar-refractivity contribution is -0.306. The van der Waals surface area contributed by atoms with Gasteiger partial charge in [0.25, 0.3) is 5.91 Å². The summed E-state index contributed by atoms with van der Waals surface area (Å²) < 4.78 is 5.41. The fraction of sp³-hybridized carbons (Fsp3) is 0.222. The second-order valence-corrected chi connectivity index (χ2v) is 6.29. The molecule has 0 saturated heterocycles. The number of hydrogen-bond acceptors (Lipinski definition) is 4. The Balaban J connectivity index is 1.99. The van der Waals surface area contributed by atoms with Gasteiger partial charge >= 0.3 is 0 Å². The van der Waals surface area contributed by atoms with Gasteiger partial charge in [-0.05, 0) is 48.4 Å². The second-order valence-electron chi connectivity index (χ2n) is 5.45. The van der Waals surface area contributed by atoms with Crippen LogP contribution in [0.25, 0.3) is 0 Å². The van der Waals surface area contributed by atoms with E-state index in [9.17, 15) is 14.7 Å². The molecule has 1 unspecified atom stereocenters. The molecule has 1 N–H and O–H groups in total. The Morgan fingerprint density at radius 1 is 1.16 bits per heavy atom. The maximum absolute atomic E-state index is 12.1. The number of carbonyl (C=O) groups excluding carboxylic acids is 2. The average Bonchev–Trinajstić information content (AvgIpc) is 2.55. The zero-order chi connectivity index (χ0) is 18.4. The molecule has 2 aromatic carbocycles. The van der Waals surface area contributed by atoms with Gasteiger partial charge in [0.15, 0.2) is 6.61 Å². The van der Waals surface area contributed by atoms with E-state index in [4.69, 9.17) is 27.9 Å². The molecule has 0 spiro atoms. The number of benzene rings is 2. The van der Waals surface area contributed by atoms with E-state index in [0.717, 1.165) is 5.56 Å². The summed E-state index contributed by atoms with van der Waals surface area (Å²) in [5, 5.41) is 14.7. The van der Waals surface area contributed by atoms with Crippen LogP contribution in [0.15, 0.2) is 42.5 Å². The molecule has 0 aromatic heterocycles. The van der Waals surface area contributed by atoms with E-state index in [1.165, 1.54) is 0 Å². The van der Waals surface area contributed by atoms with Crippen molar-refractivity contribution in [3.05, 3.63) is 63.6 Å². The Kier molecular flexibility index (Phi) is 6.67. The van der Waals surface area contributed by atoms with Gasteiger partial charge in [-0.2, -0.15) is 0 Å². The van der Waals surface area contributed by atoms with Crippen molar-refractivity contribution in [2.45, 2.75) is 19.4 Å². The van der Waals surface area contributed by atoms with E-state index in [0.29, 0.717) is 21.4 Å². The van der Waals surface area contributed by atoms with Gasteiger partial charge in [0, 0.05) is 22.4 Å². The van der Waals surface area contributed by atoms with E-state index in [1.807, 2.05) is 6.92 Å². The van der Waals surface area contributed by atoms with Crippen molar-refractivity contribution in [1.29, 1.82) is 0 Å². The standard InChI is InChI=1S/C18H17Cl2NO4/c1-11-8-14(6-7-15(11)20)25-10-17(22)21-16(9-18(23)24)12-2-4-13(19)5-3-12/h2-8,16H,9-10H2,1H3,(H,21,22)(H,23,24)/p-1. The zero-order valence-electron chi connectivity index (χ0n) is 13.4. The van der Waals surface area contributed by atoms with E-state index in [1.54, 1.807) is 42.5 Å². The first kappa shape index (κ1) is 19.1. The summed E-state index contributed by atoms with van der Waals surface area (Å²) >= 11 is 11.8. The summed E-state index contributed by atoms with van der Waals surface area (Å²) in [7, 11) is 0. The van der Waals surface area contributed by atoms with Crippen LogP contribution in [0.5, 0.6) is 5.75 Å². The topological polar surface area (TPSA) is 78.5 Å². The Morgan fingerprint density at radius 2 is 1.84 bits per heavy atom. The number of aliphatic carboxylic acids is 1. The van der Waals surface area contributed by atoms with E-state index in [2.05, 4.69) is 5.32 Å². The van der Waals surface area contributed by atoms with Crippen molar-refractivity contribution >= 4 is 35.1 Å². The van der Waals surface area contributed by atoms with E-state index < -0.39 is 17.9 Å². The second kappa shape index (κ2) is 8.74. The molecule has 0 heterocycles. The van der Waals surface area contributed by atoms with Crippen molar-refractivity contribution in [2.24, 2.45) is 0 Å². The van der Waals surface area contributed by atoms with E-state index in [-0.39, 0.29) is 13.0 Å². The minimum atomic E-state index is -1.27. The lowest BCUT2D eigenvalue weighted by Crippen LogP contribution is -2.36. The van der Waals surface area contributed by atoms with Crippen LogP contribution in [0.4, 0.5) is 0 Å². The Labute approximate surface area is 155 Å². The molecule has 25 heavy (non-hydrogen) atoms. The molecule has 2 aromatic rings. The maximum atomic E-state index is 12.1. The van der Waals surface area contributed by atoms with Crippen molar-refractivity contribution < 1.29 is 19.4 Å². The smallest absolute Gasteiger partial charge is 0.258 e. The molecule has 0 fully saturated rings. The number of ether oxygens (including phenoxy) is 1. The van der Waals surface area contributed by atoms with Crippen molar-refractivity contribution in [3.8, 4) is 5.75 Å². The highest BCUT2D eigenvalue weighted by atomic mass is 35.5. The normalized spacial score (nSPS) is 11.6. The van der Waals surface area contributed by atoms with Gasteiger partial charge < -0.3 is 20.0 Å². The molecule has 0 aliphatic rings. The van der Waals surface area contributed by atoms with Crippen molar-refractivity contribution in [2.75, 3.05) is 6.61 Å². The lowest BCUT2D eigenvalue weighted by Gasteiger charge is -2.20. The number of aryl methyl sites for hydroxylation is 1. The summed E-state index contributed by atoms with van der Waals surface area (Å²) in [4.78, 5) is 23.0. The largest absolute Gasteiger partial charge is 0.550 e. The number of carbonyl (C=O) groups is 2. The molecule has 1 amide bonds. The molecular weight excluding hydrogens is 365 g/mol. The summed E-state index contributed by atoms with van der Waals surface area (Å²) in [6.07, 6.45) is -0.354. The molecule has 0 radical (unpaired) electrons. The third-order valence-corrected chi connectivity index (χ3v) is 4.15. The monoisotopic (exact) mass is 380 g/mol. The van der Waals surface area contributed by atoms with Crippen molar-refractivity contribution in [1.82, 2.24) is 5.32 Å². The van der Waals surface area contributed by atoms with Crippen LogP contribution in [0.2, 0.25) is 10.0 Å². The molecule has 0 aliphatic heterocycles. The third-order valence-electron chi connectivity index (χ3n) is 3.48. The van der Waals surface area contributed by atoms with Gasteiger partial charge in [-0.1, -0.05) is 35.3 Å². The average molecular weight is 381 g/mol. The van der Waals surface area contributed by atoms with Gasteiger partial charge in [0.05, 0.1) is 6.04 Å². The molecule has 0 aliphatic carbocycles. The SMILES string of the molecule is Cc1cc(OCC(=O)NC(CC(=O)[O-])c2ccc(Cl)cc2)ccc1Cl. The van der Waals surface area contributed by atoms with Gasteiger partial charge in [0.2, 0.25) is 0 Å². The minimum absolute atomic E-state index is 0.252. The maximum Gasteiger partial charge on any atom is 0.258 e. The first-order chi connectivity index (χ1) is 11.8. The molecule has 0 saturated carbocycles. The highest BCUT2D eigenvalue weighted by Crippen LogP contribution is 2.21. The fourth-order valence-corrected chi connectivity index (χ4v) is 2.45. The number of rotatable bonds is 7. The molecule has 0 bridgehead atoms. The van der Waals surface area contributed by atoms with Crippen LogP contribution >= 0.6 is 23.2 Å². The predicted molar refractivity (Wildman–Crippen MR) is 93.6 cm³/mol. The van der Waals surface area contributed by atoms with Crippen LogP contribution in [-0.2, 0) is 9.59 Å². The Bertz CT molecular complexity index is 762. The van der Waals surface area contributed by atoms with Crippen LogP contribution in [0.3, 0.4) is 0 Å². The number of amides is 1. The van der Waals surface area contributed by atoms with Crippen molar-refractivity contribution in [3.63, 3.8) is 0 Å². The Morgan fingerprint density at radius 3 is 2.44 bits per heavy atom. The number of hydrogen-bond donors (Lipinski definition) is 1. The van der Waals surface area contributed by atoms with Crippen LogP contribution in [0.1, 0.15) is 23.6 Å². The molecule has 132 valence electrons. The summed E-state index contributed by atoms with van der Waals surface area (Å²) in [5.41, 5.74) is 1.44. The Hall–Kier alpha value is -2.24. The zero-order valence-corrected chi connectivity index (χ0v) is 14.9. The third kappa shape index (κ3) is 5.96. The summed E-state index contributed by atoms with van der Waals surface area (Å²) in [6.45, 7) is 1.57. The van der Waals surface area contributed by atoms with Crippen LogP contribution in [-0.4, -0.2) is 18.5 Å². The van der Waals surface area contributed by atoms with E-state index >= 15 is 0 Å². The molecule has 5 nitrogen and oxygen atoms in total. The number of halogens is 2. The molecule has 2 rings (SSSR count). The molecule has 1 atom stereocenters. The first-order valence-corrected chi connectivity index (χ1v) is 8.24. The predicted octanol–water partition coefficient (Wildman–Crippen LogP) is 2.68. The first-order valence-electron chi connectivity index (χ1n) is 7.49. The highest BCUT2D eigenvalue weighted by molar-refractivity contribution is 6.31. The minimum Gasteiger partial charge on any atom is -0.550 e. The highest BCUT2D eigenvalue weighted by Gasteiger charge is 2.15. The number of carboxylic acids is 1. The van der Waals surface area contributed by atoms with Gasteiger partial charge in [-0.15, -0.1) is 0 Å². The van der Waals surface area contributed by atoms with Gasteiger partial charge in [-0.3, -0.25) is 4.79 Å². The molecular formula is C18H16Cl2NO4-. The molecule has 7 heteroatoms. The van der Waals surface area contributed by atoms with Gasteiger partial charge in [0.1, 0.15) is 5.75 Å². The number of carboxylic acid groups (broad SMARTS) is 1.